The Hall–Kier alpha value is -1.94. The monoisotopic (exact) mass is 316 g/mol. The first-order chi connectivity index (χ1) is 10.3. The van der Waals surface area contributed by atoms with Crippen LogP contribution in [0, 0.1) is 0 Å². The highest BCUT2D eigenvalue weighted by atomic mass is 32.1. The summed E-state index contributed by atoms with van der Waals surface area (Å²) in [7, 11) is 0. The molecule has 0 amide bonds. The number of carbonyl (C=O) groups excluding carboxylic acids is 1. The van der Waals surface area contributed by atoms with E-state index in [1.807, 2.05) is 30.3 Å². The van der Waals surface area contributed by atoms with Gasteiger partial charge in [0.15, 0.2) is 5.43 Å². The van der Waals surface area contributed by atoms with Crippen LogP contribution in [0.5, 0.6) is 0 Å². The molecule has 0 fully saturated rings. The molecule has 4 heteroatoms. The molecule has 0 radical (unpaired) electrons. The fourth-order valence-corrected chi connectivity index (χ4v) is 3.28. The summed E-state index contributed by atoms with van der Waals surface area (Å²) in [6.45, 7) is 8.14. The molecule has 1 heterocycles. The third-order valence-electron chi connectivity index (χ3n) is 3.20. The van der Waals surface area contributed by atoms with Crippen LogP contribution < -0.4 is 5.43 Å². The summed E-state index contributed by atoms with van der Waals surface area (Å²) in [6, 6.07) is 11.1. The van der Waals surface area contributed by atoms with E-state index in [0.717, 1.165) is 10.4 Å². The summed E-state index contributed by atoms with van der Waals surface area (Å²) in [6.07, 6.45) is 0. The second-order valence-corrected chi connectivity index (χ2v) is 7.07. The summed E-state index contributed by atoms with van der Waals surface area (Å²) >= 11 is 1.48. The minimum Gasteiger partial charge on any atom is -0.462 e. The largest absolute Gasteiger partial charge is 0.462 e. The molecule has 0 atom stereocenters. The maximum absolute atomic E-state index is 12.5. The van der Waals surface area contributed by atoms with Crippen LogP contribution in [0.2, 0.25) is 0 Å². The summed E-state index contributed by atoms with van der Waals surface area (Å²) < 4.78 is 5.06. The number of ether oxygens (including phenoxy) is 1. The Morgan fingerprint density at radius 1 is 1.18 bits per heavy atom. The van der Waals surface area contributed by atoms with Crippen LogP contribution in [0.4, 0.5) is 0 Å². The summed E-state index contributed by atoms with van der Waals surface area (Å²) in [5.74, 6) is -0.553. The minimum atomic E-state index is -0.553. The number of benzene rings is 1. The second-order valence-electron chi connectivity index (χ2n) is 6.02. The molecule has 2 aromatic rings. The van der Waals surface area contributed by atoms with E-state index < -0.39 is 5.97 Å². The van der Waals surface area contributed by atoms with E-state index in [0.29, 0.717) is 4.88 Å². The Morgan fingerprint density at radius 3 is 2.36 bits per heavy atom. The highest BCUT2D eigenvalue weighted by Crippen LogP contribution is 2.34. The molecule has 0 unspecified atom stereocenters. The molecular formula is C18H20O3S. The van der Waals surface area contributed by atoms with Gasteiger partial charge in [-0.1, -0.05) is 51.1 Å². The predicted molar refractivity (Wildman–Crippen MR) is 90.7 cm³/mol. The third-order valence-corrected chi connectivity index (χ3v) is 4.80. The first-order valence-corrected chi connectivity index (χ1v) is 8.07. The topological polar surface area (TPSA) is 43.4 Å². The fourth-order valence-electron chi connectivity index (χ4n) is 2.05. The van der Waals surface area contributed by atoms with Crippen molar-refractivity contribution in [3.8, 4) is 10.4 Å². The van der Waals surface area contributed by atoms with E-state index in [9.17, 15) is 9.59 Å². The molecule has 0 aliphatic heterocycles. The first-order valence-electron chi connectivity index (χ1n) is 7.25. The molecule has 1 aromatic carbocycles. The van der Waals surface area contributed by atoms with Gasteiger partial charge in [0.1, 0.15) is 5.56 Å². The van der Waals surface area contributed by atoms with Crippen molar-refractivity contribution in [3.05, 3.63) is 57.1 Å². The first kappa shape index (κ1) is 16.4. The standard InChI is InChI=1S/C18H20O3S/c1-5-21-17(20)15-13(19)11-14(18(2,3)4)22-16(15)12-9-7-6-8-10-12/h6-11H,5H2,1-4H3. The van der Waals surface area contributed by atoms with E-state index in [4.69, 9.17) is 4.74 Å². The number of carbonyl (C=O) groups is 1. The molecule has 3 nitrogen and oxygen atoms in total. The van der Waals surface area contributed by atoms with Crippen molar-refractivity contribution in [2.45, 2.75) is 33.1 Å². The fraction of sp³-hybridized carbons (Fsp3) is 0.333. The average molecular weight is 316 g/mol. The van der Waals surface area contributed by atoms with Crippen molar-refractivity contribution < 1.29 is 9.53 Å². The molecule has 2 rings (SSSR count). The van der Waals surface area contributed by atoms with Crippen LogP contribution >= 0.6 is 11.3 Å². The molecule has 0 spiro atoms. The normalized spacial score (nSPS) is 11.3. The van der Waals surface area contributed by atoms with Gasteiger partial charge in [-0.25, -0.2) is 4.79 Å². The Balaban J connectivity index is 2.73. The summed E-state index contributed by atoms with van der Waals surface area (Å²) in [4.78, 5) is 26.3. The lowest BCUT2D eigenvalue weighted by Gasteiger charge is -2.19. The van der Waals surface area contributed by atoms with E-state index >= 15 is 0 Å². The van der Waals surface area contributed by atoms with Crippen LogP contribution in [-0.2, 0) is 10.2 Å². The number of hydrogen-bond donors (Lipinski definition) is 0. The maximum Gasteiger partial charge on any atom is 0.343 e. The van der Waals surface area contributed by atoms with Gasteiger partial charge in [-0.05, 0) is 17.9 Å². The third kappa shape index (κ3) is 3.45. The second kappa shape index (κ2) is 6.44. The van der Waals surface area contributed by atoms with Gasteiger partial charge in [-0.2, -0.15) is 0 Å². The molecular weight excluding hydrogens is 296 g/mol. The number of hydrogen-bond acceptors (Lipinski definition) is 4. The Bertz CT molecular complexity index is 724. The van der Waals surface area contributed by atoms with Crippen molar-refractivity contribution in [2.75, 3.05) is 6.61 Å². The number of esters is 1. The average Bonchev–Trinajstić information content (AvgIpc) is 2.46. The van der Waals surface area contributed by atoms with Crippen molar-refractivity contribution in [1.29, 1.82) is 0 Å². The van der Waals surface area contributed by atoms with Gasteiger partial charge in [-0.15, -0.1) is 11.3 Å². The Labute approximate surface area is 134 Å². The molecule has 1 aromatic heterocycles. The van der Waals surface area contributed by atoms with Crippen LogP contribution in [0.15, 0.2) is 41.2 Å². The van der Waals surface area contributed by atoms with Gasteiger partial charge < -0.3 is 4.74 Å². The van der Waals surface area contributed by atoms with Gasteiger partial charge in [0, 0.05) is 10.9 Å². The lowest BCUT2D eigenvalue weighted by Crippen LogP contribution is -2.21. The van der Waals surface area contributed by atoms with Gasteiger partial charge >= 0.3 is 5.97 Å². The van der Waals surface area contributed by atoms with E-state index in [-0.39, 0.29) is 23.0 Å². The van der Waals surface area contributed by atoms with E-state index in [2.05, 4.69) is 20.8 Å². The lowest BCUT2D eigenvalue weighted by molar-refractivity contribution is 0.0526. The quantitative estimate of drug-likeness (QED) is 0.795. The van der Waals surface area contributed by atoms with E-state index in [1.165, 1.54) is 11.3 Å². The van der Waals surface area contributed by atoms with Gasteiger partial charge in [0.2, 0.25) is 0 Å². The SMILES string of the molecule is CCOC(=O)c1c(-c2ccccc2)sc(C(C)(C)C)cc1=O. The zero-order valence-corrected chi connectivity index (χ0v) is 14.1. The van der Waals surface area contributed by atoms with Crippen LogP contribution in [0.3, 0.4) is 0 Å². The van der Waals surface area contributed by atoms with Crippen molar-refractivity contribution in [2.24, 2.45) is 0 Å². The zero-order chi connectivity index (χ0) is 16.3. The summed E-state index contributed by atoms with van der Waals surface area (Å²) in [5.41, 5.74) is 0.561. The van der Waals surface area contributed by atoms with Crippen LogP contribution in [-0.4, -0.2) is 12.6 Å². The van der Waals surface area contributed by atoms with Crippen LogP contribution in [0.25, 0.3) is 10.4 Å². The summed E-state index contributed by atoms with van der Waals surface area (Å²) in [5, 5.41) is 0. The minimum absolute atomic E-state index is 0.131. The van der Waals surface area contributed by atoms with E-state index in [1.54, 1.807) is 13.0 Å². The van der Waals surface area contributed by atoms with Crippen molar-refractivity contribution in [1.82, 2.24) is 0 Å². The molecule has 0 N–H and O–H groups in total. The Kier molecular flexibility index (Phi) is 4.81. The highest BCUT2D eigenvalue weighted by Gasteiger charge is 2.24. The van der Waals surface area contributed by atoms with Crippen molar-refractivity contribution in [3.63, 3.8) is 0 Å². The van der Waals surface area contributed by atoms with Gasteiger partial charge in [0.25, 0.3) is 0 Å². The van der Waals surface area contributed by atoms with Crippen LogP contribution in [0.1, 0.15) is 42.9 Å². The van der Waals surface area contributed by atoms with Gasteiger partial charge in [0.05, 0.1) is 11.5 Å². The molecule has 0 aliphatic rings. The molecule has 0 saturated heterocycles. The molecule has 0 aliphatic carbocycles. The van der Waals surface area contributed by atoms with Gasteiger partial charge in [-0.3, -0.25) is 4.79 Å². The zero-order valence-electron chi connectivity index (χ0n) is 13.3. The molecule has 0 bridgehead atoms. The maximum atomic E-state index is 12.5. The highest BCUT2D eigenvalue weighted by molar-refractivity contribution is 7.15. The molecule has 0 saturated carbocycles. The van der Waals surface area contributed by atoms with Crippen molar-refractivity contribution >= 4 is 17.3 Å². The predicted octanol–water partition coefficient (Wildman–Crippen LogP) is 4.25. The Morgan fingerprint density at radius 2 is 1.82 bits per heavy atom. The number of rotatable bonds is 3. The molecule has 116 valence electrons. The molecule has 22 heavy (non-hydrogen) atoms. The lowest BCUT2D eigenvalue weighted by atomic mass is 9.94. The smallest absolute Gasteiger partial charge is 0.343 e.